The van der Waals surface area contributed by atoms with Gasteiger partial charge in [-0.2, -0.15) is 0 Å². The van der Waals surface area contributed by atoms with Crippen LogP contribution >= 0.6 is 0 Å². The van der Waals surface area contributed by atoms with E-state index in [1.807, 2.05) is 30.3 Å². The van der Waals surface area contributed by atoms with Crippen LogP contribution in [-0.2, 0) is 30.4 Å². The Morgan fingerprint density at radius 1 is 0.781 bits per heavy atom. The molecule has 2 rings (SSSR count). The number of carbonyl (C=O) groups excluding carboxylic acids is 3. The Hall–Kier alpha value is -3.35. The largest absolute Gasteiger partial charge is 0.467 e. The molecule has 0 saturated heterocycles. The van der Waals surface area contributed by atoms with Crippen molar-refractivity contribution in [2.45, 2.75) is 65.5 Å². The lowest BCUT2D eigenvalue weighted by molar-refractivity contribution is -0.179. The van der Waals surface area contributed by atoms with Crippen molar-refractivity contribution < 1.29 is 33.3 Å². The van der Waals surface area contributed by atoms with Gasteiger partial charge in [0.05, 0.1) is 5.56 Å². The maximum absolute atomic E-state index is 12.6. The molecule has 7 heteroatoms. The minimum Gasteiger partial charge on any atom is -0.467 e. The molecule has 172 valence electrons. The zero-order chi connectivity index (χ0) is 23.9. The van der Waals surface area contributed by atoms with Crippen molar-refractivity contribution in [3.63, 3.8) is 0 Å². The van der Waals surface area contributed by atoms with Gasteiger partial charge in [0.15, 0.2) is 0 Å². The predicted molar refractivity (Wildman–Crippen MR) is 118 cm³/mol. The Bertz CT molecular complexity index is 909. The average molecular weight is 443 g/mol. The van der Waals surface area contributed by atoms with Crippen molar-refractivity contribution in [1.82, 2.24) is 0 Å². The smallest absolute Gasteiger partial charge is 0.359 e. The third-order valence-corrected chi connectivity index (χ3v) is 3.78. The molecule has 2 aromatic rings. The summed E-state index contributed by atoms with van der Waals surface area (Å²) >= 11 is 0. The highest BCUT2D eigenvalue weighted by atomic mass is 16.6. The standard InChI is InChI=1S/C25H30O7/c1-24(2,3)31-22(27)20(23(28)32-25(4,5)6)30-19-14-10-13-18(15-19)21(26)29-16-17-11-8-7-9-12-17/h7-15,20H,16H2,1-6H3. The van der Waals surface area contributed by atoms with E-state index in [0.717, 1.165) is 5.56 Å². The second-order valence-electron chi connectivity index (χ2n) is 9.15. The Morgan fingerprint density at radius 2 is 1.34 bits per heavy atom. The van der Waals surface area contributed by atoms with Crippen molar-refractivity contribution in [2.24, 2.45) is 0 Å². The number of hydrogen-bond acceptors (Lipinski definition) is 7. The van der Waals surface area contributed by atoms with E-state index in [1.165, 1.54) is 12.1 Å². The average Bonchev–Trinajstić information content (AvgIpc) is 2.68. The molecule has 0 fully saturated rings. The second-order valence-corrected chi connectivity index (χ2v) is 9.15. The SMILES string of the molecule is CC(C)(C)OC(=O)C(Oc1cccc(C(=O)OCc2ccccc2)c1)C(=O)OC(C)(C)C. The van der Waals surface area contributed by atoms with E-state index in [1.54, 1.807) is 53.7 Å². The van der Waals surface area contributed by atoms with Crippen LogP contribution in [0.1, 0.15) is 57.5 Å². The molecule has 0 spiro atoms. The molecule has 0 atom stereocenters. The topological polar surface area (TPSA) is 88.1 Å². The summed E-state index contributed by atoms with van der Waals surface area (Å²) in [6, 6.07) is 15.3. The van der Waals surface area contributed by atoms with E-state index in [2.05, 4.69) is 0 Å². The van der Waals surface area contributed by atoms with E-state index >= 15 is 0 Å². The summed E-state index contributed by atoms with van der Waals surface area (Å²) in [7, 11) is 0. The van der Waals surface area contributed by atoms with E-state index in [0.29, 0.717) is 0 Å². The fourth-order valence-corrected chi connectivity index (χ4v) is 2.54. The normalized spacial score (nSPS) is 11.6. The molecule has 32 heavy (non-hydrogen) atoms. The van der Waals surface area contributed by atoms with Gasteiger partial charge in [0.25, 0.3) is 6.10 Å². The molecular weight excluding hydrogens is 412 g/mol. The molecule has 0 N–H and O–H groups in total. The first kappa shape index (κ1) is 24.9. The number of hydrogen-bond donors (Lipinski definition) is 0. The van der Waals surface area contributed by atoms with Gasteiger partial charge in [0, 0.05) is 0 Å². The quantitative estimate of drug-likeness (QED) is 0.355. The maximum atomic E-state index is 12.6. The highest BCUT2D eigenvalue weighted by Gasteiger charge is 2.37. The fourth-order valence-electron chi connectivity index (χ4n) is 2.54. The first-order valence-corrected chi connectivity index (χ1v) is 10.3. The summed E-state index contributed by atoms with van der Waals surface area (Å²) in [6.07, 6.45) is -1.65. The molecule has 0 aliphatic heterocycles. The third-order valence-electron chi connectivity index (χ3n) is 3.78. The van der Waals surface area contributed by atoms with Crippen LogP contribution in [0, 0.1) is 0 Å². The highest BCUT2D eigenvalue weighted by Crippen LogP contribution is 2.20. The van der Waals surface area contributed by atoms with Crippen molar-refractivity contribution in [3.8, 4) is 5.75 Å². The summed E-state index contributed by atoms with van der Waals surface area (Å²) in [4.78, 5) is 37.7. The van der Waals surface area contributed by atoms with Gasteiger partial charge < -0.3 is 18.9 Å². The minimum absolute atomic E-state index is 0.114. The third kappa shape index (κ3) is 8.41. The highest BCUT2D eigenvalue weighted by molar-refractivity contribution is 5.98. The van der Waals surface area contributed by atoms with Gasteiger partial charge in [-0.25, -0.2) is 14.4 Å². The van der Waals surface area contributed by atoms with Crippen molar-refractivity contribution in [1.29, 1.82) is 0 Å². The number of rotatable bonds is 7. The zero-order valence-corrected chi connectivity index (χ0v) is 19.3. The molecule has 0 bridgehead atoms. The van der Waals surface area contributed by atoms with Crippen LogP contribution in [0.25, 0.3) is 0 Å². The van der Waals surface area contributed by atoms with E-state index in [9.17, 15) is 14.4 Å². The van der Waals surface area contributed by atoms with Crippen LogP contribution in [0.5, 0.6) is 5.75 Å². The fraction of sp³-hybridized carbons (Fsp3) is 0.400. The molecule has 0 radical (unpaired) electrons. The van der Waals surface area contributed by atoms with Gasteiger partial charge in [-0.05, 0) is 65.3 Å². The molecule has 0 unspecified atom stereocenters. The van der Waals surface area contributed by atoms with E-state index < -0.39 is 35.2 Å². The number of ether oxygens (including phenoxy) is 4. The molecule has 2 aromatic carbocycles. The van der Waals surface area contributed by atoms with Gasteiger partial charge in [-0.3, -0.25) is 0 Å². The van der Waals surface area contributed by atoms with Crippen molar-refractivity contribution in [2.75, 3.05) is 0 Å². The van der Waals surface area contributed by atoms with Crippen molar-refractivity contribution >= 4 is 17.9 Å². The molecular formula is C25H30O7. The molecule has 0 amide bonds. The molecule has 0 aromatic heterocycles. The first-order valence-electron chi connectivity index (χ1n) is 10.3. The summed E-state index contributed by atoms with van der Waals surface area (Å²) in [5.74, 6) is -2.21. The zero-order valence-electron chi connectivity index (χ0n) is 19.3. The van der Waals surface area contributed by atoms with Crippen LogP contribution < -0.4 is 4.74 Å². The monoisotopic (exact) mass is 442 g/mol. The lowest BCUT2D eigenvalue weighted by Crippen LogP contribution is -2.44. The number of benzene rings is 2. The Kier molecular flexibility index (Phi) is 8.02. The Balaban J connectivity index is 2.17. The van der Waals surface area contributed by atoms with Crippen LogP contribution in [0.2, 0.25) is 0 Å². The summed E-state index contributed by atoms with van der Waals surface area (Å²) in [5, 5.41) is 0. The van der Waals surface area contributed by atoms with Gasteiger partial charge in [0.2, 0.25) is 0 Å². The Labute approximate surface area is 188 Å². The predicted octanol–water partition coefficient (Wildman–Crippen LogP) is 4.47. The van der Waals surface area contributed by atoms with E-state index in [-0.39, 0.29) is 17.9 Å². The van der Waals surface area contributed by atoms with Gasteiger partial charge in [-0.15, -0.1) is 0 Å². The molecule has 0 aliphatic rings. The van der Waals surface area contributed by atoms with Crippen LogP contribution in [0.4, 0.5) is 0 Å². The minimum atomic E-state index is -1.65. The summed E-state index contributed by atoms with van der Waals surface area (Å²) in [6.45, 7) is 10.2. The summed E-state index contributed by atoms with van der Waals surface area (Å²) < 4.78 is 21.6. The molecule has 0 aliphatic carbocycles. The molecule has 0 saturated carbocycles. The molecule has 7 nitrogen and oxygen atoms in total. The van der Waals surface area contributed by atoms with Crippen LogP contribution in [-0.4, -0.2) is 35.2 Å². The first-order chi connectivity index (χ1) is 14.8. The Morgan fingerprint density at radius 3 is 1.88 bits per heavy atom. The van der Waals surface area contributed by atoms with Gasteiger partial charge in [-0.1, -0.05) is 36.4 Å². The van der Waals surface area contributed by atoms with Gasteiger partial charge in [0.1, 0.15) is 23.6 Å². The summed E-state index contributed by atoms with van der Waals surface area (Å²) in [5.41, 5.74) is -0.595. The van der Waals surface area contributed by atoms with E-state index in [4.69, 9.17) is 18.9 Å². The number of carbonyl (C=O) groups is 3. The molecule has 0 heterocycles. The lowest BCUT2D eigenvalue weighted by atomic mass is 10.1. The maximum Gasteiger partial charge on any atom is 0.359 e. The van der Waals surface area contributed by atoms with Crippen LogP contribution in [0.15, 0.2) is 54.6 Å². The second kappa shape index (κ2) is 10.3. The van der Waals surface area contributed by atoms with Crippen molar-refractivity contribution in [3.05, 3.63) is 65.7 Å². The lowest BCUT2D eigenvalue weighted by Gasteiger charge is -2.26. The van der Waals surface area contributed by atoms with Crippen LogP contribution in [0.3, 0.4) is 0 Å². The number of esters is 3. The van der Waals surface area contributed by atoms with Gasteiger partial charge >= 0.3 is 17.9 Å².